The van der Waals surface area contributed by atoms with Gasteiger partial charge in [-0.1, -0.05) is 19.1 Å². The van der Waals surface area contributed by atoms with E-state index < -0.39 is 0 Å². The maximum Gasteiger partial charge on any atom is 0.222 e. The number of nitrogens with zero attached hydrogens (tertiary/aromatic N) is 2. The Morgan fingerprint density at radius 2 is 1.56 bits per heavy atom. The van der Waals surface area contributed by atoms with Crippen molar-refractivity contribution < 1.29 is 14.0 Å². The highest BCUT2D eigenvalue weighted by Crippen LogP contribution is 2.61. The number of benzene rings is 1. The Labute approximate surface area is 203 Å². The van der Waals surface area contributed by atoms with Crippen molar-refractivity contribution in [1.29, 1.82) is 0 Å². The average Bonchev–Trinajstić information content (AvgIpc) is 2.78. The molecule has 0 unspecified atom stereocenters. The van der Waals surface area contributed by atoms with E-state index in [1.807, 2.05) is 22.8 Å². The molecule has 6 heteroatoms. The van der Waals surface area contributed by atoms with Gasteiger partial charge in [-0.25, -0.2) is 4.39 Å². The molecule has 5 nitrogen and oxygen atoms in total. The van der Waals surface area contributed by atoms with E-state index in [1.165, 1.54) is 44.6 Å². The molecule has 2 amide bonds. The second kappa shape index (κ2) is 9.50. The Morgan fingerprint density at radius 1 is 0.971 bits per heavy atom. The molecule has 1 N–H and O–H groups in total. The summed E-state index contributed by atoms with van der Waals surface area (Å²) < 4.78 is 14.1. The monoisotopic (exact) mass is 469 g/mol. The Kier molecular flexibility index (Phi) is 6.60. The van der Waals surface area contributed by atoms with Gasteiger partial charge < -0.3 is 15.1 Å². The highest BCUT2D eigenvalue weighted by molar-refractivity contribution is 5.80. The number of amides is 2. The lowest BCUT2D eigenvalue weighted by molar-refractivity contribution is -0.133. The second-order valence-electron chi connectivity index (χ2n) is 11.9. The van der Waals surface area contributed by atoms with Gasteiger partial charge >= 0.3 is 0 Å². The Balaban J connectivity index is 1.07. The number of hydrogen-bond acceptors (Lipinski definition) is 3. The van der Waals surface area contributed by atoms with Gasteiger partial charge in [0.2, 0.25) is 11.8 Å². The first-order valence-electron chi connectivity index (χ1n) is 13.4. The summed E-state index contributed by atoms with van der Waals surface area (Å²) in [7, 11) is 0. The molecule has 4 bridgehead atoms. The number of halogens is 1. The topological polar surface area (TPSA) is 52.7 Å². The van der Waals surface area contributed by atoms with Crippen LogP contribution < -0.4 is 10.2 Å². The van der Waals surface area contributed by atoms with E-state index >= 15 is 0 Å². The van der Waals surface area contributed by atoms with Crippen molar-refractivity contribution in [1.82, 2.24) is 10.2 Å². The van der Waals surface area contributed by atoms with Crippen LogP contribution in [0.4, 0.5) is 10.1 Å². The van der Waals surface area contributed by atoms with Crippen LogP contribution in [0.2, 0.25) is 0 Å². The predicted octanol–water partition coefficient (Wildman–Crippen LogP) is 4.61. The van der Waals surface area contributed by atoms with Crippen LogP contribution in [0.15, 0.2) is 24.3 Å². The summed E-state index contributed by atoms with van der Waals surface area (Å²) in [5.74, 6) is 2.61. The normalized spacial score (nSPS) is 31.9. The van der Waals surface area contributed by atoms with Crippen LogP contribution in [0.3, 0.4) is 0 Å². The van der Waals surface area contributed by atoms with Crippen LogP contribution in [0.25, 0.3) is 0 Å². The van der Waals surface area contributed by atoms with Gasteiger partial charge in [0.1, 0.15) is 5.82 Å². The van der Waals surface area contributed by atoms with Crippen molar-refractivity contribution in [2.45, 2.75) is 71.3 Å². The molecule has 34 heavy (non-hydrogen) atoms. The molecule has 0 radical (unpaired) electrons. The minimum absolute atomic E-state index is 0.0145. The molecule has 5 fully saturated rings. The highest BCUT2D eigenvalue weighted by atomic mass is 19.1. The van der Waals surface area contributed by atoms with E-state index in [2.05, 4.69) is 12.2 Å². The maximum atomic E-state index is 14.1. The number of carbonyl (C=O) groups excluding carboxylic acids is 2. The summed E-state index contributed by atoms with van der Waals surface area (Å²) in [5.41, 5.74) is 0.911. The smallest absolute Gasteiger partial charge is 0.222 e. The molecule has 2 atom stereocenters. The predicted molar refractivity (Wildman–Crippen MR) is 132 cm³/mol. The minimum Gasteiger partial charge on any atom is -0.366 e. The first-order valence-corrected chi connectivity index (χ1v) is 13.4. The van der Waals surface area contributed by atoms with Crippen molar-refractivity contribution >= 4 is 17.5 Å². The third-order valence-corrected chi connectivity index (χ3v) is 9.26. The standard InChI is InChI=1S/C28H40FN3O2/c1-19(12-27(34)32-9-7-31(8-10-32)25-6-4-3-5-24(25)29)11-26(33)30-20(2)28-16-21-13-22(17-28)15-23(14-21)18-28/h3-6,19-23H,7-18H2,1-2H3,(H,30,33)/t19-,20-,21?,22?,23?,28?/m1/s1. The van der Waals surface area contributed by atoms with Crippen LogP contribution in [0, 0.1) is 34.9 Å². The van der Waals surface area contributed by atoms with Gasteiger partial charge in [-0.3, -0.25) is 9.59 Å². The summed E-state index contributed by atoms with van der Waals surface area (Å²) in [6, 6.07) is 7.02. The summed E-state index contributed by atoms with van der Waals surface area (Å²) in [5, 5.41) is 3.34. The fraction of sp³-hybridized carbons (Fsp3) is 0.714. The molecule has 0 spiro atoms. The molecule has 1 saturated heterocycles. The Bertz CT molecular complexity index is 875. The zero-order chi connectivity index (χ0) is 23.9. The van der Waals surface area contributed by atoms with E-state index in [1.54, 1.807) is 12.1 Å². The van der Waals surface area contributed by atoms with Gasteiger partial charge in [0, 0.05) is 45.1 Å². The van der Waals surface area contributed by atoms with Crippen molar-refractivity contribution in [3.05, 3.63) is 30.1 Å². The molecule has 6 rings (SSSR count). The third kappa shape index (κ3) is 4.83. The summed E-state index contributed by atoms with van der Waals surface area (Å²) in [4.78, 5) is 29.6. The summed E-state index contributed by atoms with van der Waals surface area (Å²) in [6.07, 6.45) is 8.87. The number of rotatable bonds is 7. The van der Waals surface area contributed by atoms with Gasteiger partial charge in [0.05, 0.1) is 5.69 Å². The van der Waals surface area contributed by atoms with Crippen molar-refractivity contribution in [3.63, 3.8) is 0 Å². The molecule has 0 aromatic heterocycles. The largest absolute Gasteiger partial charge is 0.366 e. The van der Waals surface area contributed by atoms with Crippen molar-refractivity contribution in [3.8, 4) is 0 Å². The number of nitrogens with one attached hydrogen (secondary N) is 1. The molecular formula is C28H40FN3O2. The minimum atomic E-state index is -0.218. The zero-order valence-corrected chi connectivity index (χ0v) is 20.8. The van der Waals surface area contributed by atoms with Crippen LogP contribution in [-0.2, 0) is 9.59 Å². The number of hydrogen-bond donors (Lipinski definition) is 1. The Hall–Kier alpha value is -2.11. The molecule has 186 valence electrons. The lowest BCUT2D eigenvalue weighted by Crippen LogP contribution is -2.56. The van der Waals surface area contributed by atoms with Gasteiger partial charge in [0.15, 0.2) is 0 Å². The summed E-state index contributed by atoms with van der Waals surface area (Å²) >= 11 is 0. The van der Waals surface area contributed by atoms with E-state index in [-0.39, 0.29) is 29.6 Å². The average molecular weight is 470 g/mol. The first-order chi connectivity index (χ1) is 16.3. The van der Waals surface area contributed by atoms with E-state index in [9.17, 15) is 14.0 Å². The van der Waals surface area contributed by atoms with Crippen LogP contribution in [-0.4, -0.2) is 48.9 Å². The van der Waals surface area contributed by atoms with Crippen LogP contribution in [0.5, 0.6) is 0 Å². The molecule has 1 aromatic carbocycles. The van der Waals surface area contributed by atoms with Gasteiger partial charge in [0.25, 0.3) is 0 Å². The molecule has 1 aliphatic heterocycles. The number of piperazine rings is 1. The molecule has 1 heterocycles. The van der Waals surface area contributed by atoms with E-state index in [0.29, 0.717) is 50.1 Å². The zero-order valence-electron chi connectivity index (χ0n) is 20.8. The van der Waals surface area contributed by atoms with Gasteiger partial charge in [-0.05, 0) is 86.7 Å². The molecule has 4 aliphatic carbocycles. The number of anilines is 1. The number of para-hydroxylation sites is 1. The fourth-order valence-corrected chi connectivity index (χ4v) is 7.88. The van der Waals surface area contributed by atoms with E-state index in [4.69, 9.17) is 0 Å². The lowest BCUT2D eigenvalue weighted by atomic mass is 9.48. The lowest BCUT2D eigenvalue weighted by Gasteiger charge is -2.59. The van der Waals surface area contributed by atoms with Crippen LogP contribution >= 0.6 is 0 Å². The third-order valence-electron chi connectivity index (χ3n) is 9.26. The van der Waals surface area contributed by atoms with E-state index in [0.717, 1.165) is 17.8 Å². The van der Waals surface area contributed by atoms with Crippen molar-refractivity contribution in [2.75, 3.05) is 31.1 Å². The Morgan fingerprint density at radius 3 is 2.15 bits per heavy atom. The number of carbonyl (C=O) groups is 2. The SMILES string of the molecule is C[C@H](CC(=O)N[C@H](C)C12CC3CC(CC(C3)C1)C2)CC(=O)N1CCN(c2ccccc2F)CC1. The molecule has 4 saturated carbocycles. The molecular weight excluding hydrogens is 429 g/mol. The second-order valence-corrected chi connectivity index (χ2v) is 11.9. The van der Waals surface area contributed by atoms with Gasteiger partial charge in [-0.15, -0.1) is 0 Å². The first kappa shape index (κ1) is 23.6. The maximum absolute atomic E-state index is 14.1. The quantitative estimate of drug-likeness (QED) is 0.634. The van der Waals surface area contributed by atoms with Gasteiger partial charge in [-0.2, -0.15) is 0 Å². The van der Waals surface area contributed by atoms with Crippen molar-refractivity contribution in [2.24, 2.45) is 29.1 Å². The van der Waals surface area contributed by atoms with Crippen LogP contribution in [0.1, 0.15) is 65.2 Å². The summed E-state index contributed by atoms with van der Waals surface area (Å²) in [6.45, 7) is 6.66. The highest BCUT2D eigenvalue weighted by Gasteiger charge is 2.53. The molecule has 1 aromatic rings. The molecule has 5 aliphatic rings. The fourth-order valence-electron chi connectivity index (χ4n) is 7.88.